The number of anilines is 1. The fraction of sp³-hybridized carbons (Fsp3) is 0.294. The van der Waals surface area contributed by atoms with Crippen LogP contribution in [0.5, 0.6) is 0 Å². The minimum atomic E-state index is -3.09. The number of allylic oxidation sites excluding steroid dienone is 1. The van der Waals surface area contributed by atoms with Crippen molar-refractivity contribution in [3.63, 3.8) is 0 Å². The van der Waals surface area contributed by atoms with Gasteiger partial charge in [-0.2, -0.15) is 0 Å². The summed E-state index contributed by atoms with van der Waals surface area (Å²) >= 11 is 1.32. The Morgan fingerprint density at radius 2 is 2.20 bits per heavy atom. The summed E-state index contributed by atoms with van der Waals surface area (Å²) in [6, 6.07) is 0. The van der Waals surface area contributed by atoms with Gasteiger partial charge in [0.05, 0.1) is 15.6 Å². The first-order chi connectivity index (χ1) is 11.8. The van der Waals surface area contributed by atoms with Crippen molar-refractivity contribution in [1.82, 2.24) is 10.3 Å². The maximum atomic E-state index is 12.5. The second kappa shape index (κ2) is 6.61. The number of nitrogens with one attached hydrogen (secondary N) is 1. The van der Waals surface area contributed by atoms with Crippen LogP contribution in [0.2, 0.25) is 0 Å². The van der Waals surface area contributed by atoms with E-state index in [1.807, 2.05) is 13.0 Å². The minimum absolute atomic E-state index is 0.238. The number of carbonyl (C=O) groups excluding carboxylic acids is 1. The summed E-state index contributed by atoms with van der Waals surface area (Å²) in [4.78, 5) is 17.1. The quantitative estimate of drug-likeness (QED) is 0.850. The predicted octanol–water partition coefficient (Wildman–Crippen LogP) is 2.22. The number of nitrogens with two attached hydrogens (primary N) is 1. The molecule has 0 saturated heterocycles. The zero-order valence-corrected chi connectivity index (χ0v) is 15.6. The molecular formula is C17H19N3O3S2. The third-order valence-electron chi connectivity index (χ3n) is 4.17. The monoisotopic (exact) mass is 377 g/mol. The van der Waals surface area contributed by atoms with Crippen molar-refractivity contribution in [1.29, 1.82) is 0 Å². The molecule has 1 amide bonds. The van der Waals surface area contributed by atoms with Crippen LogP contribution in [0.15, 0.2) is 36.2 Å². The molecule has 3 N–H and O–H groups in total. The van der Waals surface area contributed by atoms with E-state index in [2.05, 4.69) is 10.3 Å². The molecule has 2 aromatic rings. The van der Waals surface area contributed by atoms with Crippen molar-refractivity contribution in [2.24, 2.45) is 0 Å². The number of sulfone groups is 1. The molecule has 1 unspecified atom stereocenters. The number of amides is 1. The van der Waals surface area contributed by atoms with E-state index in [4.69, 9.17) is 5.73 Å². The van der Waals surface area contributed by atoms with Gasteiger partial charge in [-0.1, -0.05) is 18.2 Å². The van der Waals surface area contributed by atoms with E-state index in [0.29, 0.717) is 23.5 Å². The summed E-state index contributed by atoms with van der Waals surface area (Å²) in [6.45, 7) is 2.24. The fourth-order valence-electron chi connectivity index (χ4n) is 2.77. The molecule has 3 rings (SSSR count). The number of pyridine rings is 1. The number of aryl methyl sites for hydroxylation is 1. The zero-order valence-electron chi connectivity index (χ0n) is 13.9. The second-order valence-electron chi connectivity index (χ2n) is 6.10. The van der Waals surface area contributed by atoms with E-state index in [0.717, 1.165) is 21.2 Å². The SMILES string of the molecule is Cc1cncc2sc(C(=O)NCC3=CCC(S(C)(=O)=O)C=C3)c(N)c12. The average molecular weight is 377 g/mol. The Morgan fingerprint density at radius 1 is 1.44 bits per heavy atom. The topological polar surface area (TPSA) is 102 Å². The number of thiophene rings is 1. The van der Waals surface area contributed by atoms with Gasteiger partial charge in [-0.05, 0) is 24.5 Å². The molecule has 8 heteroatoms. The van der Waals surface area contributed by atoms with Gasteiger partial charge in [-0.3, -0.25) is 9.78 Å². The minimum Gasteiger partial charge on any atom is -0.397 e. The maximum absolute atomic E-state index is 12.5. The Labute approximate surface area is 150 Å². The van der Waals surface area contributed by atoms with Gasteiger partial charge in [0.25, 0.3) is 5.91 Å². The Morgan fingerprint density at radius 3 is 2.80 bits per heavy atom. The lowest BCUT2D eigenvalue weighted by molar-refractivity contribution is 0.0962. The van der Waals surface area contributed by atoms with Crippen molar-refractivity contribution >= 4 is 42.9 Å². The highest BCUT2D eigenvalue weighted by Crippen LogP contribution is 2.34. The van der Waals surface area contributed by atoms with Gasteiger partial charge >= 0.3 is 0 Å². The van der Waals surface area contributed by atoms with Crippen LogP contribution in [0.25, 0.3) is 10.1 Å². The molecule has 1 aliphatic rings. The van der Waals surface area contributed by atoms with Crippen LogP contribution in [-0.2, 0) is 9.84 Å². The number of aromatic nitrogens is 1. The molecule has 0 aromatic carbocycles. The lowest BCUT2D eigenvalue weighted by Crippen LogP contribution is -2.26. The zero-order chi connectivity index (χ0) is 18.2. The number of hydrogen-bond acceptors (Lipinski definition) is 6. The maximum Gasteiger partial charge on any atom is 0.263 e. The number of carbonyl (C=O) groups is 1. The smallest absolute Gasteiger partial charge is 0.263 e. The van der Waals surface area contributed by atoms with Gasteiger partial charge in [0.15, 0.2) is 9.84 Å². The van der Waals surface area contributed by atoms with Crippen molar-refractivity contribution in [2.45, 2.75) is 18.6 Å². The lowest BCUT2D eigenvalue weighted by Gasteiger charge is -2.14. The summed E-state index contributed by atoms with van der Waals surface area (Å²) in [7, 11) is -3.09. The van der Waals surface area contributed by atoms with Crippen LogP contribution < -0.4 is 11.1 Å². The van der Waals surface area contributed by atoms with Crippen molar-refractivity contribution in [2.75, 3.05) is 18.5 Å². The summed E-state index contributed by atoms with van der Waals surface area (Å²) < 4.78 is 23.9. The first-order valence-corrected chi connectivity index (χ1v) is 10.5. The highest BCUT2D eigenvalue weighted by atomic mass is 32.2. The summed E-state index contributed by atoms with van der Waals surface area (Å²) in [5.41, 5.74) is 8.44. The molecule has 2 aromatic heterocycles. The number of nitrogen functional groups attached to an aromatic ring is 1. The van der Waals surface area contributed by atoms with Gasteiger partial charge in [0.1, 0.15) is 4.88 Å². The molecule has 0 bridgehead atoms. The first kappa shape index (κ1) is 17.6. The Hall–Kier alpha value is -2.19. The van der Waals surface area contributed by atoms with Gasteiger partial charge in [-0.15, -0.1) is 11.3 Å². The van der Waals surface area contributed by atoms with Crippen molar-refractivity contribution in [3.05, 3.63) is 46.6 Å². The van der Waals surface area contributed by atoms with Crippen LogP contribution in [0.3, 0.4) is 0 Å². The van der Waals surface area contributed by atoms with E-state index in [-0.39, 0.29) is 5.91 Å². The number of hydrogen-bond donors (Lipinski definition) is 2. The van der Waals surface area contributed by atoms with Gasteiger partial charge in [0.2, 0.25) is 0 Å². The lowest BCUT2D eigenvalue weighted by atomic mass is 10.1. The van der Waals surface area contributed by atoms with Gasteiger partial charge in [0, 0.05) is 30.6 Å². The molecule has 25 heavy (non-hydrogen) atoms. The molecule has 1 atom stereocenters. The predicted molar refractivity (Wildman–Crippen MR) is 102 cm³/mol. The van der Waals surface area contributed by atoms with Crippen LogP contribution in [0.4, 0.5) is 5.69 Å². The molecule has 0 radical (unpaired) electrons. The fourth-order valence-corrected chi connectivity index (χ4v) is 4.66. The Bertz CT molecular complexity index is 1000. The first-order valence-electron chi connectivity index (χ1n) is 7.74. The summed E-state index contributed by atoms with van der Waals surface area (Å²) in [5.74, 6) is -0.238. The van der Waals surface area contributed by atoms with Crippen LogP contribution in [-0.4, -0.2) is 37.4 Å². The number of rotatable bonds is 4. The third kappa shape index (κ3) is 3.59. The average Bonchev–Trinajstić information content (AvgIpc) is 2.90. The van der Waals surface area contributed by atoms with Gasteiger partial charge in [-0.25, -0.2) is 8.42 Å². The molecule has 0 fully saturated rings. The van der Waals surface area contributed by atoms with E-state index >= 15 is 0 Å². The molecule has 0 saturated carbocycles. The normalized spacial score (nSPS) is 17.5. The summed E-state index contributed by atoms with van der Waals surface area (Å²) in [5, 5.41) is 3.23. The highest BCUT2D eigenvalue weighted by Gasteiger charge is 2.20. The van der Waals surface area contributed by atoms with Crippen molar-refractivity contribution in [3.8, 4) is 0 Å². The Kier molecular flexibility index (Phi) is 4.66. The highest BCUT2D eigenvalue weighted by molar-refractivity contribution is 7.91. The molecular weight excluding hydrogens is 358 g/mol. The van der Waals surface area contributed by atoms with E-state index in [1.165, 1.54) is 17.6 Å². The molecule has 132 valence electrons. The van der Waals surface area contributed by atoms with Crippen LogP contribution in [0, 0.1) is 6.92 Å². The van der Waals surface area contributed by atoms with Gasteiger partial charge < -0.3 is 11.1 Å². The standard InChI is InChI=1S/C17H19N3O3S2/c1-10-7-19-9-13-14(10)15(18)16(24-13)17(21)20-8-11-3-5-12(6-4-11)25(2,22)23/h3-5,7,9,12H,6,8,18H2,1-2H3,(H,20,21). The van der Waals surface area contributed by atoms with Crippen LogP contribution in [0.1, 0.15) is 21.7 Å². The molecule has 0 spiro atoms. The molecule has 6 nitrogen and oxygen atoms in total. The van der Waals surface area contributed by atoms with E-state index in [1.54, 1.807) is 24.5 Å². The van der Waals surface area contributed by atoms with Crippen molar-refractivity contribution < 1.29 is 13.2 Å². The second-order valence-corrected chi connectivity index (χ2v) is 9.42. The Balaban J connectivity index is 1.70. The van der Waals surface area contributed by atoms with E-state index in [9.17, 15) is 13.2 Å². The van der Waals surface area contributed by atoms with E-state index < -0.39 is 15.1 Å². The molecule has 0 aliphatic heterocycles. The molecule has 1 aliphatic carbocycles. The number of nitrogens with zero attached hydrogens (tertiary/aromatic N) is 1. The summed E-state index contributed by atoms with van der Waals surface area (Å²) in [6.07, 6.45) is 10.3. The largest absolute Gasteiger partial charge is 0.397 e. The third-order valence-corrected chi connectivity index (χ3v) is 6.76. The number of fused-ring (bicyclic) bond motifs is 1. The molecule has 2 heterocycles. The van der Waals surface area contributed by atoms with Crippen LogP contribution >= 0.6 is 11.3 Å².